The molecule has 0 spiro atoms. The molecular weight excluding hydrogens is 422 g/mol. The molecule has 1 aliphatic rings. The van der Waals surface area contributed by atoms with Gasteiger partial charge in [0.25, 0.3) is 5.56 Å². The highest BCUT2D eigenvalue weighted by atomic mass is 19.3. The number of rotatable bonds is 3. The summed E-state index contributed by atoms with van der Waals surface area (Å²) in [5.41, 5.74) is 0.389. The van der Waals surface area contributed by atoms with Gasteiger partial charge in [-0.15, -0.1) is 0 Å². The molecule has 168 valence electrons. The lowest BCUT2D eigenvalue weighted by molar-refractivity contribution is -0.0489. The van der Waals surface area contributed by atoms with Gasteiger partial charge in [-0.05, 0) is 35.4 Å². The van der Waals surface area contributed by atoms with Crippen molar-refractivity contribution in [1.29, 1.82) is 0 Å². The number of aromatic hydroxyl groups is 1. The van der Waals surface area contributed by atoms with Crippen LogP contribution in [-0.2, 0) is 11.2 Å². The summed E-state index contributed by atoms with van der Waals surface area (Å²) in [5, 5.41) is 11.6. The van der Waals surface area contributed by atoms with Crippen LogP contribution < -0.4 is 10.3 Å². The van der Waals surface area contributed by atoms with Crippen LogP contribution in [0.5, 0.6) is 11.5 Å². The number of carbonyl (C=O) groups is 1. The molecule has 1 atom stereocenters. The molecule has 2 aromatic heterocycles. The van der Waals surface area contributed by atoms with Crippen molar-refractivity contribution in [2.45, 2.75) is 39.7 Å². The average Bonchev–Trinajstić information content (AvgIpc) is 2.72. The maximum absolute atomic E-state index is 13.1. The van der Waals surface area contributed by atoms with Crippen molar-refractivity contribution < 1.29 is 28.2 Å². The minimum Gasteiger partial charge on any atom is -0.506 e. The fraction of sp³-hybridized carbons (Fsp3) is 0.348. The summed E-state index contributed by atoms with van der Waals surface area (Å²) in [7, 11) is 1.12. The van der Waals surface area contributed by atoms with Gasteiger partial charge in [0, 0.05) is 22.7 Å². The fourth-order valence-electron chi connectivity index (χ4n) is 4.40. The summed E-state index contributed by atoms with van der Waals surface area (Å²) in [6, 6.07) is 4.84. The predicted octanol–water partition coefficient (Wildman–Crippen LogP) is 4.37. The summed E-state index contributed by atoms with van der Waals surface area (Å²) in [5.74, 6) is -1.89. The summed E-state index contributed by atoms with van der Waals surface area (Å²) in [4.78, 5) is 31.8. The van der Waals surface area contributed by atoms with Gasteiger partial charge in [0.15, 0.2) is 11.3 Å². The number of aromatic amines is 1. The first-order valence-corrected chi connectivity index (χ1v) is 9.97. The number of nitrogens with zero attached hydrogens (tertiary/aromatic N) is 1. The smallest absolute Gasteiger partial charge is 0.387 e. The minimum absolute atomic E-state index is 0.146. The Morgan fingerprint density at radius 2 is 2.06 bits per heavy atom. The van der Waals surface area contributed by atoms with E-state index in [9.17, 15) is 23.5 Å². The summed E-state index contributed by atoms with van der Waals surface area (Å²) < 4.78 is 35.6. The maximum Gasteiger partial charge on any atom is 0.387 e. The van der Waals surface area contributed by atoms with Crippen LogP contribution in [0, 0.1) is 5.41 Å². The van der Waals surface area contributed by atoms with Crippen molar-refractivity contribution >= 4 is 16.9 Å². The van der Waals surface area contributed by atoms with E-state index in [1.807, 2.05) is 20.8 Å². The Hall–Kier alpha value is -3.49. The molecule has 1 unspecified atom stereocenters. The Balaban J connectivity index is 2.12. The van der Waals surface area contributed by atoms with Crippen LogP contribution in [0.4, 0.5) is 8.78 Å². The number of hydrogen-bond donors (Lipinski definition) is 2. The topological polar surface area (TPSA) is 102 Å². The van der Waals surface area contributed by atoms with Gasteiger partial charge in [0.1, 0.15) is 11.3 Å². The molecule has 0 radical (unpaired) electrons. The lowest BCUT2D eigenvalue weighted by Crippen LogP contribution is -2.29. The number of pyridine rings is 2. The van der Waals surface area contributed by atoms with Crippen LogP contribution in [0.3, 0.4) is 0 Å². The molecule has 2 heterocycles. The van der Waals surface area contributed by atoms with Crippen LogP contribution in [0.15, 0.2) is 29.2 Å². The van der Waals surface area contributed by atoms with E-state index in [2.05, 4.69) is 14.7 Å². The number of esters is 1. The Labute approximate surface area is 182 Å². The number of methoxy groups -OCH3 is 1. The van der Waals surface area contributed by atoms with E-state index in [0.717, 1.165) is 12.7 Å². The normalized spacial score (nSPS) is 15.4. The number of halogens is 2. The zero-order valence-electron chi connectivity index (χ0n) is 18.0. The third kappa shape index (κ3) is 3.37. The van der Waals surface area contributed by atoms with Gasteiger partial charge in [-0.3, -0.25) is 9.78 Å². The SMILES string of the molecule is COC(=O)c1c(O)c2c([nH]c1=O)-c1cc(OC(F)F)c3ncccc3c1CC2C(C)(C)C. The van der Waals surface area contributed by atoms with Gasteiger partial charge in [-0.2, -0.15) is 8.78 Å². The number of fused-ring (bicyclic) bond motifs is 5. The van der Waals surface area contributed by atoms with Gasteiger partial charge >= 0.3 is 12.6 Å². The highest BCUT2D eigenvalue weighted by molar-refractivity contribution is 5.97. The molecule has 0 saturated heterocycles. The molecule has 32 heavy (non-hydrogen) atoms. The lowest BCUT2D eigenvalue weighted by atomic mass is 9.67. The first-order chi connectivity index (χ1) is 15.0. The quantitative estimate of drug-likeness (QED) is 0.582. The molecule has 0 fully saturated rings. The van der Waals surface area contributed by atoms with Crippen molar-refractivity contribution in [3.05, 3.63) is 51.4 Å². The van der Waals surface area contributed by atoms with Crippen molar-refractivity contribution in [2.75, 3.05) is 7.11 Å². The standard InChI is InChI=1S/C23H22F2N2O5/c1-23(2,3)13-8-11-10-6-5-7-26-17(10)14(32-22(24)25)9-12(11)18-15(13)19(28)16(20(29)27-18)21(30)31-4/h5-7,9,13,22H,8H2,1-4H3,(H2,27,28,29). The third-order valence-electron chi connectivity index (χ3n) is 5.87. The minimum atomic E-state index is -3.07. The molecule has 0 bridgehead atoms. The van der Waals surface area contributed by atoms with E-state index in [-0.39, 0.29) is 28.3 Å². The van der Waals surface area contributed by atoms with Crippen LogP contribution in [-0.4, -0.2) is 34.8 Å². The van der Waals surface area contributed by atoms with E-state index in [0.29, 0.717) is 22.9 Å². The number of hydrogen-bond acceptors (Lipinski definition) is 6. The maximum atomic E-state index is 13.1. The van der Waals surface area contributed by atoms with Gasteiger partial charge < -0.3 is 19.6 Å². The molecule has 7 nitrogen and oxygen atoms in total. The number of H-pyrrole nitrogens is 1. The number of aromatic nitrogens is 2. The Kier molecular flexibility index (Phi) is 5.15. The highest BCUT2D eigenvalue weighted by Gasteiger charge is 2.39. The number of ether oxygens (including phenoxy) is 2. The molecule has 1 aromatic carbocycles. The Morgan fingerprint density at radius 1 is 1.34 bits per heavy atom. The van der Waals surface area contributed by atoms with E-state index in [1.54, 1.807) is 12.1 Å². The summed E-state index contributed by atoms with van der Waals surface area (Å²) in [6.07, 6.45) is 1.91. The van der Waals surface area contributed by atoms with Gasteiger partial charge in [-0.25, -0.2) is 4.79 Å². The van der Waals surface area contributed by atoms with Crippen molar-refractivity contribution in [3.63, 3.8) is 0 Å². The average molecular weight is 444 g/mol. The summed E-state index contributed by atoms with van der Waals surface area (Å²) >= 11 is 0. The fourth-order valence-corrected chi connectivity index (χ4v) is 4.40. The monoisotopic (exact) mass is 444 g/mol. The van der Waals surface area contributed by atoms with Crippen LogP contribution in [0.1, 0.15) is 48.2 Å². The zero-order valence-corrected chi connectivity index (χ0v) is 18.0. The predicted molar refractivity (Wildman–Crippen MR) is 113 cm³/mol. The zero-order chi connectivity index (χ0) is 23.4. The van der Waals surface area contributed by atoms with E-state index < -0.39 is 29.5 Å². The van der Waals surface area contributed by atoms with Gasteiger partial charge in [0.2, 0.25) is 0 Å². The molecule has 4 rings (SSSR count). The molecular formula is C23H22F2N2O5. The summed E-state index contributed by atoms with van der Waals surface area (Å²) in [6.45, 7) is 2.86. The lowest BCUT2D eigenvalue weighted by Gasteiger charge is -2.37. The first-order valence-electron chi connectivity index (χ1n) is 9.97. The number of benzene rings is 1. The third-order valence-corrected chi connectivity index (χ3v) is 5.87. The second-order valence-corrected chi connectivity index (χ2v) is 8.76. The molecule has 3 aromatic rings. The van der Waals surface area contributed by atoms with E-state index in [1.165, 1.54) is 12.3 Å². The highest BCUT2D eigenvalue weighted by Crippen LogP contribution is 2.52. The molecule has 2 N–H and O–H groups in total. The largest absolute Gasteiger partial charge is 0.506 e. The Bertz CT molecular complexity index is 1290. The Morgan fingerprint density at radius 3 is 2.69 bits per heavy atom. The van der Waals surface area contributed by atoms with E-state index >= 15 is 0 Å². The van der Waals surface area contributed by atoms with Crippen LogP contribution >= 0.6 is 0 Å². The number of alkyl halides is 2. The van der Waals surface area contributed by atoms with Gasteiger partial charge in [0.05, 0.1) is 12.8 Å². The van der Waals surface area contributed by atoms with Crippen LogP contribution in [0.25, 0.3) is 22.2 Å². The molecule has 0 saturated carbocycles. The van der Waals surface area contributed by atoms with Crippen LogP contribution in [0.2, 0.25) is 0 Å². The first kappa shape index (κ1) is 21.7. The van der Waals surface area contributed by atoms with Crippen molar-refractivity contribution in [3.8, 4) is 22.8 Å². The molecule has 1 aliphatic carbocycles. The molecule has 9 heteroatoms. The van der Waals surface area contributed by atoms with Crippen molar-refractivity contribution in [2.24, 2.45) is 5.41 Å². The molecule has 0 amide bonds. The van der Waals surface area contributed by atoms with Crippen molar-refractivity contribution in [1.82, 2.24) is 9.97 Å². The van der Waals surface area contributed by atoms with Gasteiger partial charge in [-0.1, -0.05) is 26.8 Å². The number of carbonyl (C=O) groups excluding carboxylic acids is 1. The molecule has 0 aliphatic heterocycles. The number of nitrogens with one attached hydrogen (secondary N) is 1. The van der Waals surface area contributed by atoms with E-state index in [4.69, 9.17) is 4.74 Å². The second kappa shape index (κ2) is 7.58. The second-order valence-electron chi connectivity index (χ2n) is 8.76.